The van der Waals surface area contributed by atoms with E-state index >= 15 is 0 Å². The van der Waals surface area contributed by atoms with E-state index in [9.17, 15) is 4.79 Å². The number of hydrogen-bond donors (Lipinski definition) is 1. The Morgan fingerprint density at radius 1 is 1.27 bits per heavy atom. The largest absolute Gasteiger partial charge is 0.486 e. The van der Waals surface area contributed by atoms with Gasteiger partial charge in [-0.05, 0) is 60.2 Å². The van der Waals surface area contributed by atoms with Gasteiger partial charge >= 0.3 is 0 Å². The summed E-state index contributed by atoms with van der Waals surface area (Å²) in [5, 5.41) is 14.8. The highest BCUT2D eigenvalue weighted by Gasteiger charge is 2.10. The zero-order chi connectivity index (χ0) is 18.5. The molecule has 3 aromatic rings. The van der Waals surface area contributed by atoms with Gasteiger partial charge in [0.25, 0.3) is 5.91 Å². The quantitative estimate of drug-likeness (QED) is 0.717. The Balaban J connectivity index is 1.68. The predicted octanol–water partition coefficient (Wildman–Crippen LogP) is 3.49. The van der Waals surface area contributed by atoms with E-state index in [1.54, 1.807) is 35.0 Å². The SMILES string of the molecule is CCn1nnnc1COc1cccc(C(=O)Nc2ccc(C)c(Cl)c2)c1. The van der Waals surface area contributed by atoms with Gasteiger partial charge in [0.1, 0.15) is 12.4 Å². The molecular formula is C18H18ClN5O2. The molecule has 134 valence electrons. The van der Waals surface area contributed by atoms with Crippen molar-refractivity contribution >= 4 is 23.2 Å². The van der Waals surface area contributed by atoms with Gasteiger partial charge in [-0.25, -0.2) is 4.68 Å². The molecular weight excluding hydrogens is 354 g/mol. The van der Waals surface area contributed by atoms with Crippen LogP contribution in [0, 0.1) is 6.92 Å². The summed E-state index contributed by atoms with van der Waals surface area (Å²) in [5.74, 6) is 0.940. The number of halogens is 1. The van der Waals surface area contributed by atoms with Crippen LogP contribution in [0.15, 0.2) is 42.5 Å². The lowest BCUT2D eigenvalue weighted by Crippen LogP contribution is -2.12. The number of rotatable bonds is 6. The van der Waals surface area contributed by atoms with Crippen molar-refractivity contribution in [2.24, 2.45) is 0 Å². The Bertz CT molecular complexity index is 925. The maximum absolute atomic E-state index is 12.4. The third-order valence-corrected chi connectivity index (χ3v) is 4.21. The van der Waals surface area contributed by atoms with Gasteiger partial charge in [-0.3, -0.25) is 4.79 Å². The molecule has 1 heterocycles. The third-order valence-electron chi connectivity index (χ3n) is 3.80. The standard InChI is InChI=1S/C18H18ClN5O2/c1-3-24-17(21-22-23-24)11-26-15-6-4-5-13(9-15)18(25)20-14-8-7-12(2)16(19)10-14/h4-10H,3,11H2,1-2H3,(H,20,25). The van der Waals surface area contributed by atoms with Gasteiger partial charge in [0.15, 0.2) is 5.82 Å². The number of benzene rings is 2. The number of aromatic nitrogens is 4. The average Bonchev–Trinajstić information content (AvgIpc) is 3.11. The van der Waals surface area contributed by atoms with Crippen LogP contribution < -0.4 is 10.1 Å². The second-order valence-corrected chi connectivity index (χ2v) is 6.05. The number of carbonyl (C=O) groups is 1. The van der Waals surface area contributed by atoms with E-state index in [-0.39, 0.29) is 12.5 Å². The Labute approximate surface area is 155 Å². The van der Waals surface area contributed by atoms with Gasteiger partial charge in [-0.15, -0.1) is 5.10 Å². The Morgan fingerprint density at radius 2 is 2.12 bits per heavy atom. The summed E-state index contributed by atoms with van der Waals surface area (Å²) >= 11 is 6.09. The van der Waals surface area contributed by atoms with Crippen LogP contribution >= 0.6 is 11.6 Å². The molecule has 0 spiro atoms. The summed E-state index contributed by atoms with van der Waals surface area (Å²) in [6.07, 6.45) is 0. The molecule has 0 aliphatic heterocycles. The highest BCUT2D eigenvalue weighted by Crippen LogP contribution is 2.21. The lowest BCUT2D eigenvalue weighted by molar-refractivity contribution is 0.102. The molecule has 7 nitrogen and oxygen atoms in total. The molecule has 3 rings (SSSR count). The van der Waals surface area contributed by atoms with Crippen LogP contribution in [0.4, 0.5) is 5.69 Å². The third kappa shape index (κ3) is 4.18. The van der Waals surface area contributed by atoms with Gasteiger partial charge in [0.2, 0.25) is 0 Å². The number of amides is 1. The predicted molar refractivity (Wildman–Crippen MR) is 98.4 cm³/mol. The van der Waals surface area contributed by atoms with E-state index in [1.165, 1.54) is 0 Å². The first-order valence-electron chi connectivity index (χ1n) is 8.12. The zero-order valence-corrected chi connectivity index (χ0v) is 15.2. The summed E-state index contributed by atoms with van der Waals surface area (Å²) in [6.45, 7) is 4.73. The molecule has 1 aromatic heterocycles. The number of tetrazole rings is 1. The highest BCUT2D eigenvalue weighted by atomic mass is 35.5. The molecule has 0 fully saturated rings. The second kappa shape index (κ2) is 7.97. The highest BCUT2D eigenvalue weighted by molar-refractivity contribution is 6.31. The number of anilines is 1. The first-order chi connectivity index (χ1) is 12.6. The topological polar surface area (TPSA) is 81.9 Å². The molecule has 8 heteroatoms. The summed E-state index contributed by atoms with van der Waals surface area (Å²) in [5.41, 5.74) is 2.07. The van der Waals surface area contributed by atoms with Crippen LogP contribution in [-0.2, 0) is 13.2 Å². The monoisotopic (exact) mass is 371 g/mol. The van der Waals surface area contributed by atoms with Gasteiger partial charge in [0.05, 0.1) is 0 Å². The fourth-order valence-corrected chi connectivity index (χ4v) is 2.50. The maximum atomic E-state index is 12.4. The lowest BCUT2D eigenvalue weighted by Gasteiger charge is -2.09. The number of carbonyl (C=O) groups excluding carboxylic acids is 1. The van der Waals surface area contributed by atoms with Crippen molar-refractivity contribution in [3.8, 4) is 5.75 Å². The number of aryl methyl sites for hydroxylation is 2. The molecule has 0 bridgehead atoms. The molecule has 0 atom stereocenters. The summed E-state index contributed by atoms with van der Waals surface area (Å²) in [7, 11) is 0. The minimum absolute atomic E-state index is 0.222. The number of nitrogens with one attached hydrogen (secondary N) is 1. The first kappa shape index (κ1) is 17.9. The van der Waals surface area contributed by atoms with Crippen molar-refractivity contribution in [3.05, 3.63) is 64.4 Å². The Morgan fingerprint density at radius 3 is 2.88 bits per heavy atom. The summed E-state index contributed by atoms with van der Waals surface area (Å²) in [6, 6.07) is 12.3. The Hall–Kier alpha value is -2.93. The first-order valence-corrected chi connectivity index (χ1v) is 8.50. The van der Waals surface area contributed by atoms with Crippen molar-refractivity contribution in [2.75, 3.05) is 5.32 Å². The molecule has 1 N–H and O–H groups in total. The van der Waals surface area contributed by atoms with Crippen LogP contribution in [0.3, 0.4) is 0 Å². The minimum atomic E-state index is -0.242. The smallest absolute Gasteiger partial charge is 0.255 e. The molecule has 0 radical (unpaired) electrons. The molecule has 0 aliphatic carbocycles. The Kier molecular flexibility index (Phi) is 5.48. The van der Waals surface area contributed by atoms with Gasteiger partial charge in [-0.2, -0.15) is 0 Å². The van der Waals surface area contributed by atoms with Crippen molar-refractivity contribution in [1.29, 1.82) is 0 Å². The fourth-order valence-electron chi connectivity index (χ4n) is 2.32. The second-order valence-electron chi connectivity index (χ2n) is 5.65. The molecule has 0 saturated heterocycles. The van der Waals surface area contributed by atoms with Crippen molar-refractivity contribution < 1.29 is 9.53 Å². The van der Waals surface area contributed by atoms with Gasteiger partial charge < -0.3 is 10.1 Å². The van der Waals surface area contributed by atoms with Crippen molar-refractivity contribution in [3.63, 3.8) is 0 Å². The molecule has 1 amide bonds. The molecule has 0 unspecified atom stereocenters. The molecule has 0 saturated carbocycles. The maximum Gasteiger partial charge on any atom is 0.255 e. The van der Waals surface area contributed by atoms with Gasteiger partial charge in [0, 0.05) is 22.8 Å². The van der Waals surface area contributed by atoms with Crippen LogP contribution in [0.5, 0.6) is 5.75 Å². The average molecular weight is 372 g/mol. The number of nitrogens with zero attached hydrogens (tertiary/aromatic N) is 4. The van der Waals surface area contributed by atoms with Crippen molar-refractivity contribution in [1.82, 2.24) is 20.2 Å². The van der Waals surface area contributed by atoms with Crippen molar-refractivity contribution in [2.45, 2.75) is 27.0 Å². The summed E-state index contributed by atoms with van der Waals surface area (Å²) < 4.78 is 7.35. The lowest BCUT2D eigenvalue weighted by atomic mass is 10.2. The van der Waals surface area contributed by atoms with E-state index in [2.05, 4.69) is 20.8 Å². The summed E-state index contributed by atoms with van der Waals surface area (Å²) in [4.78, 5) is 12.4. The molecule has 0 aliphatic rings. The van der Waals surface area contributed by atoms with Crippen LogP contribution in [0.2, 0.25) is 5.02 Å². The molecule has 2 aromatic carbocycles. The minimum Gasteiger partial charge on any atom is -0.486 e. The van der Waals surface area contributed by atoms with E-state index in [1.807, 2.05) is 26.0 Å². The molecule has 26 heavy (non-hydrogen) atoms. The van der Waals surface area contributed by atoms with E-state index in [0.717, 1.165) is 5.56 Å². The van der Waals surface area contributed by atoms with E-state index in [4.69, 9.17) is 16.3 Å². The number of hydrogen-bond acceptors (Lipinski definition) is 5. The van der Waals surface area contributed by atoms with E-state index < -0.39 is 0 Å². The number of ether oxygens (including phenoxy) is 1. The van der Waals surface area contributed by atoms with Crippen LogP contribution in [0.25, 0.3) is 0 Å². The zero-order valence-electron chi connectivity index (χ0n) is 14.4. The van der Waals surface area contributed by atoms with E-state index in [0.29, 0.717) is 34.4 Å². The fraction of sp³-hybridized carbons (Fsp3) is 0.222. The van der Waals surface area contributed by atoms with Crippen LogP contribution in [0.1, 0.15) is 28.7 Å². The van der Waals surface area contributed by atoms with Gasteiger partial charge in [-0.1, -0.05) is 23.7 Å². The van der Waals surface area contributed by atoms with Crippen LogP contribution in [-0.4, -0.2) is 26.1 Å². The normalized spacial score (nSPS) is 10.6.